The van der Waals surface area contributed by atoms with Gasteiger partial charge in [-0.05, 0) is 85.8 Å². The maximum Gasteiger partial charge on any atom is 0.142 e. The molecule has 0 bridgehead atoms. The number of hydrogen-bond donors (Lipinski definition) is 3. The molecule has 3 aliphatic rings. The molecule has 0 aliphatic heterocycles. The minimum atomic E-state index is -0.430. The second-order valence-electron chi connectivity index (χ2n) is 13.9. The van der Waals surface area contributed by atoms with Crippen molar-refractivity contribution in [1.82, 2.24) is 29.9 Å². The van der Waals surface area contributed by atoms with Crippen LogP contribution >= 0.6 is 0 Å². The highest BCUT2D eigenvalue weighted by molar-refractivity contribution is 5.89. The van der Waals surface area contributed by atoms with Gasteiger partial charge in [0.05, 0.1) is 31.0 Å². The lowest BCUT2D eigenvalue weighted by molar-refractivity contribution is -0.122. The van der Waals surface area contributed by atoms with E-state index in [9.17, 15) is 4.79 Å². The van der Waals surface area contributed by atoms with Crippen LogP contribution in [-0.4, -0.2) is 49.4 Å². The van der Waals surface area contributed by atoms with Gasteiger partial charge in [0.15, 0.2) is 0 Å². The van der Waals surface area contributed by atoms with E-state index in [2.05, 4.69) is 91.4 Å². The molecule has 250 valence electrons. The number of aryl methyl sites for hydroxylation is 1. The fourth-order valence-corrected chi connectivity index (χ4v) is 8.11. The number of nitrogens with one attached hydrogen (secondary N) is 3. The molecule has 8 nitrogen and oxygen atoms in total. The van der Waals surface area contributed by atoms with Crippen molar-refractivity contribution in [2.75, 3.05) is 13.7 Å². The Morgan fingerprint density at radius 1 is 0.714 bits per heavy atom. The molecule has 0 saturated carbocycles. The Hall–Kier alpha value is -5.08. The molecule has 9 rings (SSSR count). The van der Waals surface area contributed by atoms with Crippen molar-refractivity contribution in [2.45, 2.75) is 69.1 Å². The lowest BCUT2D eigenvalue weighted by Gasteiger charge is -2.26. The van der Waals surface area contributed by atoms with Gasteiger partial charge in [-0.2, -0.15) is 0 Å². The van der Waals surface area contributed by atoms with Gasteiger partial charge in [-0.1, -0.05) is 72.3 Å². The minimum Gasteiger partial charge on any atom is -0.384 e. The van der Waals surface area contributed by atoms with Gasteiger partial charge in [0.2, 0.25) is 0 Å². The maximum absolute atomic E-state index is 12.1. The molecule has 0 amide bonds. The quantitative estimate of drug-likeness (QED) is 0.185. The number of hydrogen-bond acceptors (Lipinski definition) is 5. The number of ketones is 1. The molecule has 0 radical (unpaired) electrons. The molecule has 3 heterocycles. The Morgan fingerprint density at radius 2 is 1.27 bits per heavy atom. The first kappa shape index (κ1) is 32.5. The first-order valence-corrected chi connectivity index (χ1v) is 17.1. The fourth-order valence-electron chi connectivity index (χ4n) is 8.11. The second-order valence-corrected chi connectivity index (χ2v) is 13.9. The van der Waals surface area contributed by atoms with E-state index in [0.29, 0.717) is 5.92 Å². The summed E-state index contributed by atoms with van der Waals surface area (Å²) in [5, 5.41) is 0. The highest BCUT2D eigenvalue weighted by atomic mass is 16.5. The number of carbonyl (C=O) groups excluding carboxylic acids is 1. The summed E-state index contributed by atoms with van der Waals surface area (Å²) in [7, 11) is 1.76. The van der Waals surface area contributed by atoms with Crippen molar-refractivity contribution in [2.24, 2.45) is 0 Å². The molecule has 8 heteroatoms. The monoisotopic (exact) mass is 652 g/mol. The van der Waals surface area contributed by atoms with Crippen LogP contribution in [0.2, 0.25) is 0 Å². The van der Waals surface area contributed by atoms with E-state index < -0.39 is 5.41 Å². The van der Waals surface area contributed by atoms with Gasteiger partial charge >= 0.3 is 0 Å². The van der Waals surface area contributed by atoms with Gasteiger partial charge in [0.1, 0.15) is 5.78 Å². The minimum absolute atomic E-state index is 0.0366. The number of H-pyrrole nitrogens is 3. The number of Topliss-reactive ketones (excluding diaryl/α,β-unsaturated/α-hetero) is 1. The first-order chi connectivity index (χ1) is 23.9. The van der Waals surface area contributed by atoms with Gasteiger partial charge < -0.3 is 19.7 Å². The van der Waals surface area contributed by atoms with E-state index in [0.717, 1.165) is 50.8 Å². The largest absolute Gasteiger partial charge is 0.384 e. The Bertz CT molecular complexity index is 1950. The van der Waals surface area contributed by atoms with Crippen molar-refractivity contribution in [3.63, 3.8) is 0 Å². The standard InChI is InChI=1S/C14H16N2O.C14H14N2O.C13H14N2/c1-17-9-14(13-8-15-10-16-13)6-11-4-2-3-5-12(11)7-14;1-10(17)14(13-8-15-9-16-13)6-11-4-2-3-5-12(11)7-14;1-9-2-3-10-5-12(6-11(10)4-9)13-7-14-8-15-13/h2-5,8,10H,6-7,9H2,1H3,(H,15,16);2-5,8-9H,6-7H2,1H3,(H,15,16);2-4,7-8,12H,5-6H2,1H3,(H,14,15). The predicted molar refractivity (Wildman–Crippen MR) is 191 cm³/mol. The lowest BCUT2D eigenvalue weighted by Crippen LogP contribution is -2.35. The average Bonchev–Trinajstić information content (AvgIpc) is 3.95. The predicted octanol–water partition coefficient (Wildman–Crippen LogP) is 6.73. The molecule has 3 aliphatic carbocycles. The molecule has 3 N–H and O–H groups in total. The number of ether oxygens (including phenoxy) is 1. The van der Waals surface area contributed by atoms with E-state index in [-0.39, 0.29) is 11.2 Å². The number of rotatable bonds is 6. The SMILES string of the molecule is CC(=O)C1(c2cnc[nH]2)Cc2ccccc2C1.COCC1(c2cnc[nH]2)Cc2ccccc2C1.Cc1ccc2c(c1)CC(c1cnc[nH]1)C2. The van der Waals surface area contributed by atoms with Gasteiger partial charge in [0.25, 0.3) is 0 Å². The summed E-state index contributed by atoms with van der Waals surface area (Å²) in [6, 6.07) is 23.7. The number of aromatic nitrogens is 6. The number of aromatic amines is 3. The summed E-state index contributed by atoms with van der Waals surface area (Å²) >= 11 is 0. The van der Waals surface area contributed by atoms with Crippen LogP contribution in [-0.2, 0) is 58.9 Å². The summed E-state index contributed by atoms with van der Waals surface area (Å²) in [4.78, 5) is 33.9. The summed E-state index contributed by atoms with van der Waals surface area (Å²) in [6.07, 6.45) is 16.7. The zero-order chi connectivity index (χ0) is 33.8. The number of benzene rings is 3. The molecule has 0 saturated heterocycles. The third-order valence-electron chi connectivity index (χ3n) is 10.7. The Labute approximate surface area is 287 Å². The maximum atomic E-state index is 12.1. The van der Waals surface area contributed by atoms with Gasteiger partial charge in [-0.25, -0.2) is 15.0 Å². The van der Waals surface area contributed by atoms with Crippen LogP contribution in [0.4, 0.5) is 0 Å². The van der Waals surface area contributed by atoms with Crippen molar-refractivity contribution < 1.29 is 9.53 Å². The molecule has 3 aromatic heterocycles. The van der Waals surface area contributed by atoms with Crippen LogP contribution in [0.3, 0.4) is 0 Å². The first-order valence-electron chi connectivity index (χ1n) is 17.1. The van der Waals surface area contributed by atoms with Crippen molar-refractivity contribution in [3.05, 3.63) is 160 Å². The molecule has 49 heavy (non-hydrogen) atoms. The van der Waals surface area contributed by atoms with Crippen molar-refractivity contribution >= 4 is 5.78 Å². The van der Waals surface area contributed by atoms with Crippen LogP contribution in [0, 0.1) is 6.92 Å². The number of nitrogens with zero attached hydrogens (tertiary/aromatic N) is 3. The highest BCUT2D eigenvalue weighted by Crippen LogP contribution is 2.40. The lowest BCUT2D eigenvalue weighted by atomic mass is 9.78. The Balaban J connectivity index is 0.000000116. The van der Waals surface area contributed by atoms with Gasteiger partial charge in [-0.15, -0.1) is 0 Å². The van der Waals surface area contributed by atoms with E-state index in [1.165, 1.54) is 50.3 Å². The molecular formula is C41H44N6O2. The van der Waals surface area contributed by atoms with Gasteiger partial charge in [-0.3, -0.25) is 4.79 Å². The zero-order valence-electron chi connectivity index (χ0n) is 28.5. The van der Waals surface area contributed by atoms with Crippen molar-refractivity contribution in [1.29, 1.82) is 0 Å². The van der Waals surface area contributed by atoms with E-state index in [4.69, 9.17) is 4.74 Å². The van der Waals surface area contributed by atoms with E-state index >= 15 is 0 Å². The molecule has 1 atom stereocenters. The molecule has 6 aromatic rings. The van der Waals surface area contributed by atoms with Gasteiger partial charge in [0, 0.05) is 54.1 Å². The summed E-state index contributed by atoms with van der Waals surface area (Å²) < 4.78 is 5.44. The van der Waals surface area contributed by atoms with Crippen LogP contribution in [0.15, 0.2) is 104 Å². The summed E-state index contributed by atoms with van der Waals surface area (Å²) in [5.41, 5.74) is 12.8. The molecule has 3 aromatic carbocycles. The number of imidazole rings is 3. The second kappa shape index (κ2) is 13.8. The normalized spacial score (nSPS) is 17.6. The molecule has 0 spiro atoms. The smallest absolute Gasteiger partial charge is 0.142 e. The summed E-state index contributed by atoms with van der Waals surface area (Å²) in [5.74, 6) is 0.808. The number of methoxy groups -OCH3 is 1. The number of carbonyl (C=O) groups is 1. The molecule has 1 unspecified atom stereocenters. The average molecular weight is 653 g/mol. The van der Waals surface area contributed by atoms with E-state index in [1.54, 1.807) is 39.2 Å². The Morgan fingerprint density at radius 3 is 1.80 bits per heavy atom. The molecular weight excluding hydrogens is 608 g/mol. The Kier molecular flexibility index (Phi) is 9.15. The highest BCUT2D eigenvalue weighted by Gasteiger charge is 2.44. The molecule has 0 fully saturated rings. The van der Waals surface area contributed by atoms with Crippen LogP contribution in [0.1, 0.15) is 68.9 Å². The van der Waals surface area contributed by atoms with E-state index in [1.807, 2.05) is 24.5 Å². The topological polar surface area (TPSA) is 112 Å². The third kappa shape index (κ3) is 6.53. The third-order valence-corrected chi connectivity index (χ3v) is 10.7. The fraction of sp³-hybridized carbons (Fsp3) is 0.317. The zero-order valence-corrected chi connectivity index (χ0v) is 28.5. The van der Waals surface area contributed by atoms with Crippen molar-refractivity contribution in [3.8, 4) is 0 Å². The number of fused-ring (bicyclic) bond motifs is 3. The van der Waals surface area contributed by atoms with Crippen LogP contribution in [0.25, 0.3) is 0 Å². The summed E-state index contributed by atoms with van der Waals surface area (Å²) in [6.45, 7) is 4.56. The van der Waals surface area contributed by atoms with Crippen LogP contribution in [0.5, 0.6) is 0 Å². The van der Waals surface area contributed by atoms with Crippen LogP contribution < -0.4 is 0 Å².